The molecule has 1 heterocycles. The predicted octanol–water partition coefficient (Wildman–Crippen LogP) is 6.28. The number of nitro groups is 1. The van der Waals surface area contributed by atoms with Gasteiger partial charge in [-0.3, -0.25) is 14.7 Å². The van der Waals surface area contributed by atoms with Crippen molar-refractivity contribution in [3.63, 3.8) is 0 Å². The van der Waals surface area contributed by atoms with Crippen molar-refractivity contribution in [2.75, 3.05) is 19.4 Å². The molecule has 0 aliphatic carbocycles. The number of nitro benzene ring substituents is 1. The van der Waals surface area contributed by atoms with Crippen LogP contribution in [-0.4, -0.2) is 39.8 Å². The smallest absolute Gasteiger partial charge is 0.331 e. The Morgan fingerprint density at radius 2 is 1.76 bits per heavy atom. The quantitative estimate of drug-likeness (QED) is 0.0761. The summed E-state index contributed by atoms with van der Waals surface area (Å²) in [5, 5.41) is 26.0. The molecule has 9 nitrogen and oxygen atoms in total. The van der Waals surface area contributed by atoms with Gasteiger partial charge in [-0.1, -0.05) is 30.3 Å². The summed E-state index contributed by atoms with van der Waals surface area (Å²) < 4.78 is 25.9. The van der Waals surface area contributed by atoms with Crippen LogP contribution in [0, 0.1) is 10.1 Å². The SMILES string of the molecule is C=CCOP(=O)(CC/C(=N\O)c1ccc2c(c1)c1cc([N+](=O)[O-])ccc1n2CCC)OCC=C. The van der Waals surface area contributed by atoms with Crippen LogP contribution in [0.25, 0.3) is 21.8 Å². The Morgan fingerprint density at radius 3 is 2.32 bits per heavy atom. The lowest BCUT2D eigenvalue weighted by atomic mass is 10.0. The van der Waals surface area contributed by atoms with E-state index in [9.17, 15) is 19.9 Å². The second-order valence-corrected chi connectivity index (χ2v) is 9.83. The van der Waals surface area contributed by atoms with E-state index in [1.165, 1.54) is 18.2 Å². The molecule has 1 N–H and O–H groups in total. The van der Waals surface area contributed by atoms with Crippen LogP contribution in [0.4, 0.5) is 5.69 Å². The van der Waals surface area contributed by atoms with Gasteiger partial charge in [0.05, 0.1) is 30.0 Å². The third kappa shape index (κ3) is 5.44. The van der Waals surface area contributed by atoms with Gasteiger partial charge in [0.15, 0.2) is 0 Å². The van der Waals surface area contributed by atoms with E-state index in [1.807, 2.05) is 18.2 Å². The maximum atomic E-state index is 13.0. The number of non-ortho nitro benzene ring substituents is 1. The van der Waals surface area contributed by atoms with Gasteiger partial charge in [0.25, 0.3) is 5.69 Å². The van der Waals surface area contributed by atoms with Gasteiger partial charge in [0.2, 0.25) is 0 Å². The van der Waals surface area contributed by atoms with E-state index in [2.05, 4.69) is 29.8 Å². The van der Waals surface area contributed by atoms with Crippen LogP contribution in [0.15, 0.2) is 66.9 Å². The first-order chi connectivity index (χ1) is 16.4. The van der Waals surface area contributed by atoms with Crippen LogP contribution in [0.5, 0.6) is 0 Å². The summed E-state index contributed by atoms with van der Waals surface area (Å²) in [7, 11) is -3.46. The Morgan fingerprint density at radius 1 is 1.15 bits per heavy atom. The molecule has 3 aromatic rings. The highest BCUT2D eigenvalue weighted by Crippen LogP contribution is 2.49. The first-order valence-corrected chi connectivity index (χ1v) is 12.6. The first kappa shape index (κ1) is 25.4. The van der Waals surface area contributed by atoms with Gasteiger partial charge in [-0.2, -0.15) is 0 Å². The molecule has 1 aromatic heterocycles. The maximum Gasteiger partial charge on any atom is 0.331 e. The first-order valence-electron chi connectivity index (χ1n) is 10.9. The normalized spacial score (nSPS) is 12.3. The fraction of sp³-hybridized carbons (Fsp3) is 0.292. The Labute approximate surface area is 197 Å². The van der Waals surface area contributed by atoms with Crippen molar-refractivity contribution < 1.29 is 23.7 Å². The third-order valence-corrected chi connectivity index (χ3v) is 7.22. The van der Waals surface area contributed by atoms with E-state index in [0.29, 0.717) is 11.3 Å². The zero-order chi connectivity index (χ0) is 24.7. The van der Waals surface area contributed by atoms with Crippen molar-refractivity contribution in [1.29, 1.82) is 0 Å². The molecule has 0 unspecified atom stereocenters. The lowest BCUT2D eigenvalue weighted by Gasteiger charge is -2.17. The van der Waals surface area contributed by atoms with Gasteiger partial charge in [-0.15, -0.1) is 13.2 Å². The molecule has 10 heteroatoms. The zero-order valence-electron chi connectivity index (χ0n) is 19.1. The maximum absolute atomic E-state index is 13.0. The van der Waals surface area contributed by atoms with Gasteiger partial charge < -0.3 is 18.8 Å². The number of aryl methyl sites for hydroxylation is 1. The van der Waals surface area contributed by atoms with E-state index >= 15 is 0 Å². The minimum absolute atomic E-state index is 0.00386. The molecule has 2 aromatic carbocycles. The van der Waals surface area contributed by atoms with Crippen molar-refractivity contribution in [1.82, 2.24) is 4.57 Å². The summed E-state index contributed by atoms with van der Waals surface area (Å²) in [5.74, 6) is 0. The number of aromatic nitrogens is 1. The molecule has 0 bridgehead atoms. The molecule has 3 rings (SSSR count). The fourth-order valence-electron chi connectivity index (χ4n) is 3.84. The molecular formula is C24H28N3O6P. The summed E-state index contributed by atoms with van der Waals surface area (Å²) in [4.78, 5) is 10.9. The van der Waals surface area contributed by atoms with E-state index < -0.39 is 12.5 Å². The molecule has 0 atom stereocenters. The lowest BCUT2D eigenvalue weighted by Crippen LogP contribution is -2.08. The number of nitrogens with zero attached hydrogens (tertiary/aromatic N) is 3. The standard InChI is InChI=1S/C24H28N3O6P/c1-4-12-26-23-9-7-18(16-20(23)21-17-19(27(29)30)8-10-24(21)26)22(25-28)11-15-34(31,32-13-5-2)33-14-6-3/h5-10,16-17,28H,2-4,11-15H2,1H3/b25-22+. The van der Waals surface area contributed by atoms with E-state index in [-0.39, 0.29) is 31.5 Å². The number of hydrogen-bond acceptors (Lipinski definition) is 7. The largest absolute Gasteiger partial charge is 0.411 e. The molecule has 34 heavy (non-hydrogen) atoms. The number of benzene rings is 2. The van der Waals surface area contributed by atoms with E-state index in [1.54, 1.807) is 12.1 Å². The molecular weight excluding hydrogens is 457 g/mol. The summed E-state index contributed by atoms with van der Waals surface area (Å²) in [6.45, 7) is 10.1. The monoisotopic (exact) mass is 485 g/mol. The highest BCUT2D eigenvalue weighted by molar-refractivity contribution is 7.53. The molecule has 0 amide bonds. The second kappa shape index (κ2) is 11.2. The average Bonchev–Trinajstić information content (AvgIpc) is 3.14. The molecule has 180 valence electrons. The van der Waals surface area contributed by atoms with E-state index in [0.717, 1.165) is 34.8 Å². The van der Waals surface area contributed by atoms with Crippen LogP contribution in [0.1, 0.15) is 25.3 Å². The molecule has 0 radical (unpaired) electrons. The van der Waals surface area contributed by atoms with Crippen molar-refractivity contribution >= 4 is 40.8 Å². The van der Waals surface area contributed by atoms with E-state index in [4.69, 9.17) is 9.05 Å². The van der Waals surface area contributed by atoms with Crippen molar-refractivity contribution in [2.45, 2.75) is 26.3 Å². The summed E-state index contributed by atoms with van der Waals surface area (Å²) in [6.07, 6.45) is 3.97. The topological polar surface area (TPSA) is 116 Å². The fourth-order valence-corrected chi connectivity index (χ4v) is 5.33. The highest BCUT2D eigenvalue weighted by atomic mass is 31.2. The molecule has 0 spiro atoms. The third-order valence-electron chi connectivity index (χ3n) is 5.36. The molecule has 0 fully saturated rings. The predicted molar refractivity (Wildman–Crippen MR) is 134 cm³/mol. The second-order valence-electron chi connectivity index (χ2n) is 7.64. The van der Waals surface area contributed by atoms with Crippen LogP contribution < -0.4 is 0 Å². The Hall–Kier alpha value is -3.26. The zero-order valence-corrected chi connectivity index (χ0v) is 19.9. The minimum Gasteiger partial charge on any atom is -0.411 e. The Balaban J connectivity index is 2.00. The summed E-state index contributed by atoms with van der Waals surface area (Å²) in [5.41, 5.74) is 2.73. The van der Waals surface area contributed by atoms with Gasteiger partial charge >= 0.3 is 7.60 Å². The number of hydrogen-bond donors (Lipinski definition) is 1. The van der Waals surface area contributed by atoms with Crippen LogP contribution in [0.2, 0.25) is 0 Å². The Kier molecular flexibility index (Phi) is 8.39. The van der Waals surface area contributed by atoms with Crippen molar-refractivity contribution in [3.8, 4) is 0 Å². The van der Waals surface area contributed by atoms with Crippen LogP contribution in [0.3, 0.4) is 0 Å². The number of rotatable bonds is 13. The number of fused-ring (bicyclic) bond motifs is 3. The number of oxime groups is 1. The molecule has 0 aliphatic heterocycles. The van der Waals surface area contributed by atoms with Crippen LogP contribution in [-0.2, 0) is 20.2 Å². The van der Waals surface area contributed by atoms with Crippen LogP contribution >= 0.6 is 7.60 Å². The van der Waals surface area contributed by atoms with Gasteiger partial charge in [-0.25, -0.2) is 0 Å². The minimum atomic E-state index is -3.46. The molecule has 0 saturated heterocycles. The molecule has 0 saturated carbocycles. The summed E-state index contributed by atoms with van der Waals surface area (Å²) >= 11 is 0. The Bertz CT molecular complexity index is 1280. The average molecular weight is 485 g/mol. The van der Waals surface area contributed by atoms with Crippen molar-refractivity contribution in [3.05, 3.63) is 77.4 Å². The van der Waals surface area contributed by atoms with Gasteiger partial charge in [-0.05, 0) is 24.6 Å². The van der Waals surface area contributed by atoms with Crippen molar-refractivity contribution in [2.24, 2.45) is 5.16 Å². The highest BCUT2D eigenvalue weighted by Gasteiger charge is 2.25. The van der Waals surface area contributed by atoms with Gasteiger partial charge in [0, 0.05) is 52.5 Å². The lowest BCUT2D eigenvalue weighted by molar-refractivity contribution is -0.384. The molecule has 0 aliphatic rings. The van der Waals surface area contributed by atoms with Gasteiger partial charge in [0.1, 0.15) is 0 Å². The summed E-state index contributed by atoms with van der Waals surface area (Å²) in [6, 6.07) is 10.4.